The molecule has 0 heterocycles. The number of methoxy groups -OCH3 is 1. The summed E-state index contributed by atoms with van der Waals surface area (Å²) in [4.78, 5) is 14.3. The van der Waals surface area contributed by atoms with Gasteiger partial charge in [-0.3, -0.25) is 9.69 Å². The lowest BCUT2D eigenvalue weighted by molar-refractivity contribution is -0.126. The van der Waals surface area contributed by atoms with Gasteiger partial charge in [-0.15, -0.1) is 0 Å². The Morgan fingerprint density at radius 1 is 1.33 bits per heavy atom. The number of nitrogens with one attached hydrogen (secondary N) is 1. The van der Waals surface area contributed by atoms with Gasteiger partial charge in [0.05, 0.1) is 12.1 Å². The van der Waals surface area contributed by atoms with E-state index in [4.69, 9.17) is 16.3 Å². The molecule has 4 nitrogen and oxygen atoms in total. The van der Waals surface area contributed by atoms with Crippen LogP contribution in [0.25, 0.3) is 0 Å². The standard InChI is InChI=1S/C16H25ClN2O2/c1-12(14-6-8-15(17)9-7-14)18-16(20)13(2)19(3)10-5-11-21-4/h6-9,12-13H,5,10-11H2,1-4H3,(H,18,20). The third kappa shape index (κ3) is 6.04. The molecule has 5 heteroatoms. The van der Waals surface area contributed by atoms with E-state index in [1.165, 1.54) is 0 Å². The average Bonchev–Trinajstić information content (AvgIpc) is 2.47. The van der Waals surface area contributed by atoms with E-state index < -0.39 is 0 Å². The third-order valence-electron chi connectivity index (χ3n) is 3.63. The molecule has 0 bridgehead atoms. The van der Waals surface area contributed by atoms with E-state index in [0.29, 0.717) is 11.6 Å². The molecule has 1 amide bonds. The Labute approximate surface area is 132 Å². The zero-order valence-corrected chi connectivity index (χ0v) is 14.0. The molecule has 0 saturated carbocycles. The summed E-state index contributed by atoms with van der Waals surface area (Å²) in [6.45, 7) is 5.42. The minimum absolute atomic E-state index is 0.0253. The van der Waals surface area contributed by atoms with Crippen LogP contribution in [-0.4, -0.2) is 44.2 Å². The minimum Gasteiger partial charge on any atom is -0.385 e. The maximum Gasteiger partial charge on any atom is 0.237 e. The van der Waals surface area contributed by atoms with Crippen molar-refractivity contribution in [1.82, 2.24) is 10.2 Å². The number of hydrogen-bond donors (Lipinski definition) is 1. The SMILES string of the molecule is COCCCN(C)C(C)C(=O)NC(C)c1ccc(Cl)cc1. The van der Waals surface area contributed by atoms with Crippen molar-refractivity contribution in [2.75, 3.05) is 27.3 Å². The molecule has 0 aliphatic heterocycles. The Morgan fingerprint density at radius 3 is 2.52 bits per heavy atom. The molecule has 2 unspecified atom stereocenters. The first kappa shape index (κ1) is 18.0. The number of benzene rings is 1. The molecule has 1 aromatic rings. The van der Waals surface area contributed by atoms with Crippen molar-refractivity contribution >= 4 is 17.5 Å². The molecular formula is C16H25ClN2O2. The van der Waals surface area contributed by atoms with Crippen LogP contribution in [0, 0.1) is 0 Å². The molecule has 2 atom stereocenters. The van der Waals surface area contributed by atoms with Crippen LogP contribution in [0.1, 0.15) is 31.9 Å². The molecular weight excluding hydrogens is 288 g/mol. The molecule has 0 saturated heterocycles. The van der Waals surface area contributed by atoms with E-state index in [1.807, 2.05) is 50.1 Å². The molecule has 0 aliphatic rings. The quantitative estimate of drug-likeness (QED) is 0.751. The molecule has 1 rings (SSSR count). The normalized spacial score (nSPS) is 14.0. The minimum atomic E-state index is -0.170. The molecule has 21 heavy (non-hydrogen) atoms. The van der Waals surface area contributed by atoms with Crippen LogP contribution in [0.2, 0.25) is 5.02 Å². The predicted octanol–water partition coefficient (Wildman–Crippen LogP) is 2.87. The topological polar surface area (TPSA) is 41.6 Å². The van der Waals surface area contributed by atoms with Crippen molar-refractivity contribution in [3.8, 4) is 0 Å². The van der Waals surface area contributed by atoms with E-state index in [-0.39, 0.29) is 18.0 Å². The highest BCUT2D eigenvalue weighted by molar-refractivity contribution is 6.30. The van der Waals surface area contributed by atoms with Gasteiger partial charge in [-0.2, -0.15) is 0 Å². The van der Waals surface area contributed by atoms with Gasteiger partial charge in [0, 0.05) is 25.3 Å². The Kier molecular flexibility index (Phi) is 7.72. The first-order valence-electron chi connectivity index (χ1n) is 7.20. The number of nitrogens with zero attached hydrogens (tertiary/aromatic N) is 1. The summed E-state index contributed by atoms with van der Waals surface area (Å²) in [5.41, 5.74) is 1.04. The second-order valence-electron chi connectivity index (χ2n) is 5.28. The summed E-state index contributed by atoms with van der Waals surface area (Å²) in [6.07, 6.45) is 0.914. The zero-order valence-electron chi connectivity index (χ0n) is 13.2. The number of carbonyl (C=O) groups excluding carboxylic acids is 1. The third-order valence-corrected chi connectivity index (χ3v) is 3.88. The number of likely N-dealkylation sites (N-methyl/N-ethyl adjacent to an activating group) is 1. The Bertz CT molecular complexity index is 436. The maximum absolute atomic E-state index is 12.3. The largest absolute Gasteiger partial charge is 0.385 e. The van der Waals surface area contributed by atoms with Gasteiger partial charge >= 0.3 is 0 Å². The summed E-state index contributed by atoms with van der Waals surface area (Å²) in [7, 11) is 3.64. The van der Waals surface area contributed by atoms with Gasteiger partial charge in [0.1, 0.15) is 0 Å². The second-order valence-corrected chi connectivity index (χ2v) is 5.72. The number of carbonyl (C=O) groups is 1. The van der Waals surface area contributed by atoms with Crippen LogP contribution in [0.15, 0.2) is 24.3 Å². The van der Waals surface area contributed by atoms with Crippen molar-refractivity contribution < 1.29 is 9.53 Å². The Hall–Kier alpha value is -1.10. The van der Waals surface area contributed by atoms with Gasteiger partial charge in [-0.05, 0) is 45.0 Å². The maximum atomic E-state index is 12.3. The lowest BCUT2D eigenvalue weighted by Gasteiger charge is -2.25. The first-order valence-corrected chi connectivity index (χ1v) is 7.58. The first-order chi connectivity index (χ1) is 9.95. The van der Waals surface area contributed by atoms with Gasteiger partial charge in [-0.25, -0.2) is 0 Å². The van der Waals surface area contributed by atoms with E-state index in [0.717, 1.165) is 18.5 Å². The predicted molar refractivity (Wildman–Crippen MR) is 86.6 cm³/mol. The zero-order chi connectivity index (χ0) is 15.8. The lowest BCUT2D eigenvalue weighted by Crippen LogP contribution is -2.44. The molecule has 118 valence electrons. The van der Waals surface area contributed by atoms with E-state index in [2.05, 4.69) is 5.32 Å². The molecule has 0 aromatic heterocycles. The van der Waals surface area contributed by atoms with E-state index in [9.17, 15) is 4.79 Å². The number of hydrogen-bond acceptors (Lipinski definition) is 3. The Morgan fingerprint density at radius 2 is 1.95 bits per heavy atom. The van der Waals surface area contributed by atoms with Crippen LogP contribution in [0.5, 0.6) is 0 Å². The Balaban J connectivity index is 2.49. The molecule has 1 aromatic carbocycles. The van der Waals surface area contributed by atoms with Gasteiger partial charge in [-0.1, -0.05) is 23.7 Å². The molecule has 1 N–H and O–H groups in total. The highest BCUT2D eigenvalue weighted by atomic mass is 35.5. The fraction of sp³-hybridized carbons (Fsp3) is 0.562. The van der Waals surface area contributed by atoms with E-state index in [1.54, 1.807) is 7.11 Å². The fourth-order valence-electron chi connectivity index (χ4n) is 2.02. The summed E-state index contributed by atoms with van der Waals surface area (Å²) in [6, 6.07) is 7.32. The monoisotopic (exact) mass is 312 g/mol. The lowest BCUT2D eigenvalue weighted by atomic mass is 10.1. The summed E-state index contributed by atoms with van der Waals surface area (Å²) < 4.78 is 5.03. The highest BCUT2D eigenvalue weighted by Crippen LogP contribution is 2.16. The summed E-state index contributed by atoms with van der Waals surface area (Å²) in [5.74, 6) is 0.0253. The van der Waals surface area contributed by atoms with Crippen molar-refractivity contribution in [2.45, 2.75) is 32.4 Å². The molecule has 0 radical (unpaired) electrons. The van der Waals surface area contributed by atoms with E-state index >= 15 is 0 Å². The second kappa shape index (κ2) is 9.03. The molecule has 0 aliphatic carbocycles. The van der Waals surface area contributed by atoms with Crippen LogP contribution in [-0.2, 0) is 9.53 Å². The van der Waals surface area contributed by atoms with Crippen molar-refractivity contribution in [2.24, 2.45) is 0 Å². The van der Waals surface area contributed by atoms with Crippen molar-refractivity contribution in [3.05, 3.63) is 34.9 Å². The van der Waals surface area contributed by atoms with Crippen LogP contribution < -0.4 is 5.32 Å². The van der Waals surface area contributed by atoms with Gasteiger partial charge in [0.2, 0.25) is 5.91 Å². The van der Waals surface area contributed by atoms with Crippen molar-refractivity contribution in [1.29, 1.82) is 0 Å². The number of amides is 1. The molecule has 0 spiro atoms. The summed E-state index contributed by atoms with van der Waals surface area (Å²) in [5, 5.41) is 3.73. The average molecular weight is 313 g/mol. The number of ether oxygens (including phenoxy) is 1. The van der Waals surface area contributed by atoms with Crippen LogP contribution >= 0.6 is 11.6 Å². The fourth-order valence-corrected chi connectivity index (χ4v) is 2.15. The van der Waals surface area contributed by atoms with Gasteiger partial charge < -0.3 is 10.1 Å². The number of rotatable bonds is 8. The molecule has 0 fully saturated rings. The highest BCUT2D eigenvalue weighted by Gasteiger charge is 2.19. The van der Waals surface area contributed by atoms with Gasteiger partial charge in [0.15, 0.2) is 0 Å². The number of halogens is 1. The smallest absolute Gasteiger partial charge is 0.237 e. The van der Waals surface area contributed by atoms with Crippen molar-refractivity contribution in [3.63, 3.8) is 0 Å². The van der Waals surface area contributed by atoms with Crippen LogP contribution in [0.4, 0.5) is 0 Å². The van der Waals surface area contributed by atoms with Gasteiger partial charge in [0.25, 0.3) is 0 Å². The van der Waals surface area contributed by atoms with Crippen LogP contribution in [0.3, 0.4) is 0 Å². The summed E-state index contributed by atoms with van der Waals surface area (Å²) >= 11 is 5.87.